The lowest BCUT2D eigenvalue weighted by Crippen LogP contribution is -2.38. The summed E-state index contributed by atoms with van der Waals surface area (Å²) < 4.78 is 27.4. The number of imidazole rings is 1. The van der Waals surface area contributed by atoms with Crippen LogP contribution in [-0.4, -0.2) is 47.4 Å². The van der Waals surface area contributed by atoms with Crippen molar-refractivity contribution in [3.63, 3.8) is 0 Å². The van der Waals surface area contributed by atoms with E-state index < -0.39 is 10.0 Å². The van der Waals surface area contributed by atoms with Gasteiger partial charge < -0.3 is 9.72 Å². The highest BCUT2D eigenvalue weighted by atomic mass is 32.2. The van der Waals surface area contributed by atoms with E-state index in [1.54, 1.807) is 0 Å². The maximum absolute atomic E-state index is 12.9. The molecule has 1 fully saturated rings. The maximum Gasteiger partial charge on any atom is 0.272 e. The van der Waals surface area contributed by atoms with Crippen LogP contribution in [0, 0.1) is 6.92 Å². The van der Waals surface area contributed by atoms with E-state index in [1.165, 1.54) is 16.1 Å². The molecule has 0 saturated carbocycles. The van der Waals surface area contributed by atoms with Gasteiger partial charge in [0.2, 0.25) is 10.0 Å². The number of fused-ring (bicyclic) bond motifs is 1. The second-order valence-electron chi connectivity index (χ2n) is 7.90. The van der Waals surface area contributed by atoms with E-state index in [1.807, 2.05) is 60.0 Å². The number of sulfonamides is 1. The predicted octanol–water partition coefficient (Wildman–Crippen LogP) is 2.71. The van der Waals surface area contributed by atoms with Crippen LogP contribution >= 0.6 is 0 Å². The fourth-order valence-corrected chi connectivity index (χ4v) is 4.85. The Morgan fingerprint density at radius 1 is 1.20 bits per heavy atom. The number of nitrogens with zero attached hydrogens (tertiary/aromatic N) is 3. The van der Waals surface area contributed by atoms with Crippen LogP contribution in [0.2, 0.25) is 0 Å². The van der Waals surface area contributed by atoms with Gasteiger partial charge in [-0.15, -0.1) is 0 Å². The first kappa shape index (κ1) is 20.6. The standard InChI is InChI=1S/C22H26N4O3S/c1-16-8-10-17(11-9-16)14-23-22(27)20-19-7-3-4-13-26(19)21(24-20)18-6-5-12-25(15-18)30(2,28)29/h3-4,7-11,13,18H,5-6,12,14-15H2,1-2H3,(H,23,27)/t18-/m1/s1. The summed E-state index contributed by atoms with van der Waals surface area (Å²) in [4.78, 5) is 17.6. The molecular formula is C22H26N4O3S. The summed E-state index contributed by atoms with van der Waals surface area (Å²) in [5, 5.41) is 2.96. The van der Waals surface area contributed by atoms with Crippen molar-refractivity contribution in [2.24, 2.45) is 0 Å². The summed E-state index contributed by atoms with van der Waals surface area (Å²) in [7, 11) is -3.25. The minimum Gasteiger partial charge on any atom is -0.347 e. The summed E-state index contributed by atoms with van der Waals surface area (Å²) in [5.74, 6) is 0.447. The summed E-state index contributed by atoms with van der Waals surface area (Å²) in [6.07, 6.45) is 4.73. The van der Waals surface area contributed by atoms with Gasteiger partial charge in [-0.2, -0.15) is 0 Å². The smallest absolute Gasteiger partial charge is 0.272 e. The summed E-state index contributed by atoms with van der Waals surface area (Å²) in [6.45, 7) is 3.36. The molecule has 3 aromatic rings. The van der Waals surface area contributed by atoms with Crippen molar-refractivity contribution in [3.8, 4) is 0 Å². The number of piperidine rings is 1. The minimum atomic E-state index is -3.25. The molecule has 1 amide bonds. The van der Waals surface area contributed by atoms with Crippen LogP contribution in [0.25, 0.3) is 5.52 Å². The highest BCUT2D eigenvalue weighted by Gasteiger charge is 2.30. The third-order valence-electron chi connectivity index (χ3n) is 5.58. The van der Waals surface area contributed by atoms with E-state index in [-0.39, 0.29) is 11.8 Å². The Balaban J connectivity index is 1.60. The number of hydrogen-bond donors (Lipinski definition) is 1. The SMILES string of the molecule is Cc1ccc(CNC(=O)c2nc([C@@H]3CCCN(S(C)(=O)=O)C3)n3ccccc23)cc1. The van der Waals surface area contributed by atoms with Crippen molar-refractivity contribution in [1.82, 2.24) is 19.0 Å². The van der Waals surface area contributed by atoms with Gasteiger partial charge in [-0.25, -0.2) is 17.7 Å². The molecule has 0 unspecified atom stereocenters. The van der Waals surface area contributed by atoms with Crippen molar-refractivity contribution in [3.05, 3.63) is 71.3 Å². The van der Waals surface area contributed by atoms with Gasteiger partial charge in [-0.3, -0.25) is 4.79 Å². The highest BCUT2D eigenvalue weighted by molar-refractivity contribution is 7.88. The van der Waals surface area contributed by atoms with Crippen LogP contribution < -0.4 is 5.32 Å². The van der Waals surface area contributed by atoms with E-state index in [9.17, 15) is 13.2 Å². The molecule has 4 rings (SSSR count). The topological polar surface area (TPSA) is 83.8 Å². The van der Waals surface area contributed by atoms with Gasteiger partial charge in [0.05, 0.1) is 11.8 Å². The van der Waals surface area contributed by atoms with Gasteiger partial charge in [0.15, 0.2) is 5.69 Å². The molecule has 1 saturated heterocycles. The normalized spacial score (nSPS) is 17.9. The van der Waals surface area contributed by atoms with Crippen LogP contribution in [0.4, 0.5) is 0 Å². The molecule has 1 aromatic carbocycles. The third kappa shape index (κ3) is 4.24. The number of benzene rings is 1. The average molecular weight is 427 g/mol. The molecule has 0 aliphatic carbocycles. The third-order valence-corrected chi connectivity index (χ3v) is 6.85. The van der Waals surface area contributed by atoms with E-state index in [2.05, 4.69) is 10.3 Å². The first-order chi connectivity index (χ1) is 14.3. The quantitative estimate of drug-likeness (QED) is 0.680. The van der Waals surface area contributed by atoms with Crippen molar-refractivity contribution in [1.29, 1.82) is 0 Å². The lowest BCUT2D eigenvalue weighted by atomic mass is 9.99. The first-order valence-corrected chi connectivity index (χ1v) is 11.9. The van der Waals surface area contributed by atoms with Gasteiger partial charge in [0, 0.05) is 31.7 Å². The summed E-state index contributed by atoms with van der Waals surface area (Å²) >= 11 is 0. The molecule has 0 bridgehead atoms. The molecular weight excluding hydrogens is 400 g/mol. The monoisotopic (exact) mass is 426 g/mol. The second kappa shape index (κ2) is 8.20. The Morgan fingerprint density at radius 2 is 1.97 bits per heavy atom. The minimum absolute atomic E-state index is 0.0537. The summed E-state index contributed by atoms with van der Waals surface area (Å²) in [5.41, 5.74) is 3.29. The van der Waals surface area contributed by atoms with E-state index in [4.69, 9.17) is 0 Å². The molecule has 0 spiro atoms. The Labute approximate surface area is 176 Å². The summed E-state index contributed by atoms with van der Waals surface area (Å²) in [6, 6.07) is 13.7. The molecule has 1 aliphatic rings. The van der Waals surface area contributed by atoms with Gasteiger partial charge in [0.1, 0.15) is 5.82 Å². The van der Waals surface area contributed by atoms with Crippen LogP contribution in [0.15, 0.2) is 48.7 Å². The van der Waals surface area contributed by atoms with Gasteiger partial charge in [0.25, 0.3) is 5.91 Å². The number of carbonyl (C=O) groups excluding carboxylic acids is 1. The molecule has 3 heterocycles. The average Bonchev–Trinajstić information content (AvgIpc) is 3.12. The molecule has 7 nitrogen and oxygen atoms in total. The lowest BCUT2D eigenvalue weighted by molar-refractivity contribution is 0.0948. The van der Waals surface area contributed by atoms with Crippen molar-refractivity contribution >= 4 is 21.4 Å². The van der Waals surface area contributed by atoms with Crippen molar-refractivity contribution in [2.45, 2.75) is 32.2 Å². The number of rotatable bonds is 5. The zero-order chi connectivity index (χ0) is 21.3. The Hall–Kier alpha value is -2.71. The highest BCUT2D eigenvalue weighted by Crippen LogP contribution is 2.29. The van der Waals surface area contributed by atoms with Crippen LogP contribution in [-0.2, 0) is 16.6 Å². The van der Waals surface area contributed by atoms with E-state index in [0.717, 1.165) is 29.7 Å². The Kier molecular flexibility index (Phi) is 5.62. The Morgan fingerprint density at radius 3 is 2.70 bits per heavy atom. The number of amides is 1. The van der Waals surface area contributed by atoms with Crippen molar-refractivity contribution in [2.75, 3.05) is 19.3 Å². The fraction of sp³-hybridized carbons (Fsp3) is 0.364. The second-order valence-corrected chi connectivity index (χ2v) is 9.89. The van der Waals surface area contributed by atoms with E-state index >= 15 is 0 Å². The van der Waals surface area contributed by atoms with Crippen LogP contribution in [0.5, 0.6) is 0 Å². The fourth-order valence-electron chi connectivity index (χ4n) is 3.94. The molecule has 8 heteroatoms. The van der Waals surface area contributed by atoms with Crippen LogP contribution in [0.3, 0.4) is 0 Å². The van der Waals surface area contributed by atoms with Crippen molar-refractivity contribution < 1.29 is 13.2 Å². The zero-order valence-electron chi connectivity index (χ0n) is 17.2. The van der Waals surface area contributed by atoms with Gasteiger partial charge in [-0.1, -0.05) is 35.9 Å². The maximum atomic E-state index is 12.9. The van der Waals surface area contributed by atoms with E-state index in [0.29, 0.717) is 25.3 Å². The predicted molar refractivity (Wildman–Crippen MR) is 116 cm³/mol. The zero-order valence-corrected chi connectivity index (χ0v) is 18.0. The largest absolute Gasteiger partial charge is 0.347 e. The van der Waals surface area contributed by atoms with Gasteiger partial charge >= 0.3 is 0 Å². The molecule has 0 radical (unpaired) electrons. The number of aryl methyl sites for hydroxylation is 1. The number of carbonyl (C=O) groups is 1. The molecule has 158 valence electrons. The Bertz CT molecular complexity index is 1170. The number of hydrogen-bond acceptors (Lipinski definition) is 4. The number of aromatic nitrogens is 2. The number of pyridine rings is 1. The first-order valence-electron chi connectivity index (χ1n) is 10.1. The molecule has 1 atom stereocenters. The van der Waals surface area contributed by atoms with Gasteiger partial charge in [-0.05, 0) is 37.5 Å². The van der Waals surface area contributed by atoms with Crippen LogP contribution in [0.1, 0.15) is 46.2 Å². The molecule has 1 aliphatic heterocycles. The molecule has 1 N–H and O–H groups in total. The number of nitrogens with one attached hydrogen (secondary N) is 1. The molecule has 2 aromatic heterocycles. The lowest BCUT2D eigenvalue weighted by Gasteiger charge is -2.30. The molecule has 30 heavy (non-hydrogen) atoms.